The third-order valence-electron chi connectivity index (χ3n) is 2.52. The number of nitrogens with two attached hydrogens (primary N) is 1. The molecular weight excluding hydrogens is 210 g/mol. The summed E-state index contributed by atoms with van der Waals surface area (Å²) in [6.07, 6.45) is 3.85. The van der Waals surface area contributed by atoms with Gasteiger partial charge in [0.1, 0.15) is 5.82 Å². The second-order valence-electron chi connectivity index (χ2n) is 3.79. The number of rotatable bonds is 5. The van der Waals surface area contributed by atoms with Crippen LogP contribution in [0.3, 0.4) is 0 Å². The maximum Gasteiger partial charge on any atom is 0.127 e. The Hall–Kier alpha value is -1.87. The molecule has 0 saturated carbocycles. The van der Waals surface area contributed by atoms with E-state index < -0.39 is 0 Å². The van der Waals surface area contributed by atoms with Gasteiger partial charge in [-0.25, -0.2) is 4.98 Å². The zero-order valence-corrected chi connectivity index (χ0v) is 9.63. The van der Waals surface area contributed by atoms with Gasteiger partial charge in [0.05, 0.1) is 0 Å². The number of hydrogen-bond donors (Lipinski definition) is 2. The molecule has 17 heavy (non-hydrogen) atoms. The number of benzene rings is 1. The molecule has 1 heterocycles. The molecule has 0 spiro atoms. The van der Waals surface area contributed by atoms with Crippen molar-refractivity contribution >= 4 is 5.82 Å². The zero-order valence-electron chi connectivity index (χ0n) is 9.63. The first-order chi connectivity index (χ1) is 8.36. The van der Waals surface area contributed by atoms with Crippen molar-refractivity contribution in [3.8, 4) is 0 Å². The van der Waals surface area contributed by atoms with Crippen LogP contribution in [0.4, 0.5) is 5.82 Å². The molecule has 0 amide bonds. The number of nitrogens with one attached hydrogen (secondary N) is 1. The average Bonchev–Trinajstić information content (AvgIpc) is 2.38. The Balaban J connectivity index is 1.76. The van der Waals surface area contributed by atoms with Gasteiger partial charge in [0.2, 0.25) is 0 Å². The van der Waals surface area contributed by atoms with E-state index in [1.54, 1.807) is 6.20 Å². The minimum Gasteiger partial charge on any atom is -0.383 e. The van der Waals surface area contributed by atoms with Crippen LogP contribution >= 0.6 is 0 Å². The van der Waals surface area contributed by atoms with E-state index in [0.717, 1.165) is 18.7 Å². The predicted octanol–water partition coefficient (Wildman–Crippen LogP) is 2.01. The molecule has 87 valence electrons. The fourth-order valence-corrected chi connectivity index (χ4v) is 1.59. The molecule has 1 aromatic carbocycles. The summed E-state index contributed by atoms with van der Waals surface area (Å²) in [5.74, 6) is 0.597. The summed E-state index contributed by atoms with van der Waals surface area (Å²) in [4.78, 5) is 4.04. The van der Waals surface area contributed by atoms with Crippen LogP contribution in [0.1, 0.15) is 11.1 Å². The van der Waals surface area contributed by atoms with Crippen molar-refractivity contribution in [3.63, 3.8) is 0 Å². The molecule has 2 aromatic rings. The van der Waals surface area contributed by atoms with Crippen LogP contribution < -0.4 is 11.1 Å². The number of anilines is 1. The highest BCUT2D eigenvalue weighted by Gasteiger charge is 1.98. The second-order valence-corrected chi connectivity index (χ2v) is 3.79. The van der Waals surface area contributed by atoms with Gasteiger partial charge in [-0.15, -0.1) is 0 Å². The Kier molecular flexibility index (Phi) is 4.11. The van der Waals surface area contributed by atoms with Gasteiger partial charge in [-0.3, -0.25) is 0 Å². The zero-order chi connectivity index (χ0) is 11.9. The van der Waals surface area contributed by atoms with Gasteiger partial charge in [-0.05, 0) is 11.6 Å². The first-order valence-electron chi connectivity index (χ1n) is 5.64. The van der Waals surface area contributed by atoms with Gasteiger partial charge in [0, 0.05) is 31.3 Å². The molecule has 1 radical (unpaired) electrons. The summed E-state index contributed by atoms with van der Waals surface area (Å²) in [6, 6.07) is 14.1. The Morgan fingerprint density at radius 3 is 2.71 bits per heavy atom. The van der Waals surface area contributed by atoms with Crippen molar-refractivity contribution in [3.05, 3.63) is 66.2 Å². The molecule has 0 fully saturated rings. The normalized spacial score (nSPS) is 10.4. The van der Waals surface area contributed by atoms with Crippen LogP contribution in [-0.2, 0) is 6.54 Å². The third-order valence-corrected chi connectivity index (χ3v) is 2.52. The average molecular weight is 226 g/mol. The molecule has 0 unspecified atom stereocenters. The Morgan fingerprint density at radius 1 is 1.12 bits per heavy atom. The molecule has 1 aromatic heterocycles. The van der Waals surface area contributed by atoms with Crippen LogP contribution in [0, 0.1) is 6.42 Å². The number of nitrogens with zero attached hydrogens (tertiary/aromatic N) is 1. The lowest BCUT2D eigenvalue weighted by Crippen LogP contribution is -2.16. The van der Waals surface area contributed by atoms with Crippen LogP contribution in [0.5, 0.6) is 0 Å². The number of aromatic nitrogens is 1. The molecule has 0 aliphatic rings. The van der Waals surface area contributed by atoms with Crippen LogP contribution in [0.2, 0.25) is 0 Å². The van der Waals surface area contributed by atoms with E-state index in [4.69, 9.17) is 5.73 Å². The van der Waals surface area contributed by atoms with Gasteiger partial charge in [-0.2, -0.15) is 0 Å². The van der Waals surface area contributed by atoms with Crippen molar-refractivity contribution in [1.82, 2.24) is 10.3 Å². The predicted molar refractivity (Wildman–Crippen MR) is 70.2 cm³/mol. The minimum absolute atomic E-state index is 0.597. The molecule has 0 bridgehead atoms. The van der Waals surface area contributed by atoms with Crippen molar-refractivity contribution in [2.75, 3.05) is 12.3 Å². The highest BCUT2D eigenvalue weighted by molar-refractivity contribution is 5.38. The van der Waals surface area contributed by atoms with E-state index in [2.05, 4.69) is 28.9 Å². The van der Waals surface area contributed by atoms with Gasteiger partial charge < -0.3 is 11.1 Å². The van der Waals surface area contributed by atoms with Crippen molar-refractivity contribution in [2.45, 2.75) is 6.54 Å². The smallest absolute Gasteiger partial charge is 0.127 e. The Bertz CT molecular complexity index is 454. The Labute approximate surface area is 102 Å². The maximum absolute atomic E-state index is 5.75. The van der Waals surface area contributed by atoms with E-state index in [1.807, 2.05) is 30.3 Å². The molecule has 0 aliphatic heterocycles. The third kappa shape index (κ3) is 3.57. The fraction of sp³-hybridized carbons (Fsp3) is 0.143. The molecule has 2 rings (SSSR count). The summed E-state index contributed by atoms with van der Waals surface area (Å²) in [7, 11) is 0. The number of nitrogen functional groups attached to an aromatic ring is 1. The quantitative estimate of drug-likeness (QED) is 0.767. The number of pyridine rings is 1. The monoisotopic (exact) mass is 226 g/mol. The molecular formula is C14H16N3. The molecule has 0 saturated heterocycles. The molecule has 3 N–H and O–H groups in total. The standard InChI is InChI=1S/C14H16N3/c15-14-13(7-4-9-17-14)11-16-10-8-12-5-2-1-3-6-12/h1-9,16H,10-11H2,(H2,15,17). The van der Waals surface area contributed by atoms with Gasteiger partial charge in [-0.1, -0.05) is 36.4 Å². The van der Waals surface area contributed by atoms with E-state index >= 15 is 0 Å². The summed E-state index contributed by atoms with van der Waals surface area (Å²) >= 11 is 0. The molecule has 0 atom stereocenters. The lowest BCUT2D eigenvalue weighted by molar-refractivity contribution is 0.741. The van der Waals surface area contributed by atoms with E-state index in [-0.39, 0.29) is 0 Å². The van der Waals surface area contributed by atoms with Crippen molar-refractivity contribution < 1.29 is 0 Å². The first kappa shape index (κ1) is 11.6. The number of hydrogen-bond acceptors (Lipinski definition) is 3. The van der Waals surface area contributed by atoms with Gasteiger partial charge in [0.15, 0.2) is 0 Å². The summed E-state index contributed by atoms with van der Waals surface area (Å²) in [5.41, 5.74) is 8.01. The highest BCUT2D eigenvalue weighted by Crippen LogP contribution is 2.06. The summed E-state index contributed by atoms with van der Waals surface area (Å²) in [5, 5.41) is 3.32. The highest BCUT2D eigenvalue weighted by atomic mass is 14.9. The second kappa shape index (κ2) is 6.01. The molecule has 3 nitrogen and oxygen atoms in total. The summed E-state index contributed by atoms with van der Waals surface area (Å²) in [6.45, 7) is 1.56. The largest absolute Gasteiger partial charge is 0.383 e. The van der Waals surface area contributed by atoms with Crippen LogP contribution in [0.25, 0.3) is 0 Å². The van der Waals surface area contributed by atoms with E-state index in [1.165, 1.54) is 5.56 Å². The lowest BCUT2D eigenvalue weighted by atomic mass is 10.1. The fourth-order valence-electron chi connectivity index (χ4n) is 1.59. The van der Waals surface area contributed by atoms with Crippen LogP contribution in [0.15, 0.2) is 48.7 Å². The van der Waals surface area contributed by atoms with Gasteiger partial charge in [0.25, 0.3) is 0 Å². The van der Waals surface area contributed by atoms with E-state index in [0.29, 0.717) is 5.82 Å². The first-order valence-corrected chi connectivity index (χ1v) is 5.64. The van der Waals surface area contributed by atoms with Crippen molar-refractivity contribution in [2.24, 2.45) is 0 Å². The SMILES string of the molecule is Nc1ncccc1CNC[CH]c1ccccc1. The molecule has 0 aliphatic carbocycles. The van der Waals surface area contributed by atoms with Crippen LogP contribution in [-0.4, -0.2) is 11.5 Å². The topological polar surface area (TPSA) is 50.9 Å². The summed E-state index contributed by atoms with van der Waals surface area (Å²) < 4.78 is 0. The van der Waals surface area contributed by atoms with E-state index in [9.17, 15) is 0 Å². The lowest BCUT2D eigenvalue weighted by Gasteiger charge is -2.06. The van der Waals surface area contributed by atoms with Crippen molar-refractivity contribution in [1.29, 1.82) is 0 Å². The Morgan fingerprint density at radius 2 is 1.94 bits per heavy atom. The van der Waals surface area contributed by atoms with Gasteiger partial charge >= 0.3 is 0 Å². The maximum atomic E-state index is 5.75. The molecule has 3 heteroatoms. The minimum atomic E-state index is 0.597.